The summed E-state index contributed by atoms with van der Waals surface area (Å²) in [6, 6.07) is 0. The van der Waals surface area contributed by atoms with E-state index >= 15 is 0 Å². The monoisotopic (exact) mass is 401 g/mol. The van der Waals surface area contributed by atoms with Gasteiger partial charge < -0.3 is 10.3 Å². The van der Waals surface area contributed by atoms with E-state index in [0.29, 0.717) is 23.7 Å². The molecule has 0 radical (unpaired) electrons. The van der Waals surface area contributed by atoms with Crippen LogP contribution in [0.15, 0.2) is 24.3 Å². The number of allylic oxidation sites excluding steroid dienone is 3. The van der Waals surface area contributed by atoms with Gasteiger partial charge in [0.2, 0.25) is 0 Å². The van der Waals surface area contributed by atoms with Gasteiger partial charge in [-0.3, -0.25) is 0 Å². The molecule has 0 bridgehead atoms. The Bertz CT molecular complexity index is 657. The Labute approximate surface area is 178 Å². The summed E-state index contributed by atoms with van der Waals surface area (Å²) in [4.78, 5) is 0. The molecule has 8 atom stereocenters. The Morgan fingerprint density at radius 2 is 1.76 bits per heavy atom. The summed E-state index contributed by atoms with van der Waals surface area (Å²) >= 11 is 0. The van der Waals surface area contributed by atoms with Gasteiger partial charge in [0.25, 0.3) is 0 Å². The summed E-state index contributed by atoms with van der Waals surface area (Å²) in [5.41, 5.74) is 3.09. The Hall–Kier alpha value is -0.640. The van der Waals surface area contributed by atoms with Crippen LogP contribution in [0, 0.1) is 40.4 Å². The predicted octanol–water partition coefficient (Wildman–Crippen LogP) is 5.88. The maximum Gasteiger partial charge on any atom is 0.0676 e. The SMILES string of the molecule is CC(C)C/C=C/CC1CCC2C1(C)CCC1C3(C)CCC(O)CC3C=CC12NO. The van der Waals surface area contributed by atoms with E-state index < -0.39 is 0 Å². The first-order chi connectivity index (χ1) is 13.8. The van der Waals surface area contributed by atoms with Crippen molar-refractivity contribution in [2.45, 2.75) is 97.1 Å². The quantitative estimate of drug-likeness (QED) is 0.398. The zero-order valence-corrected chi connectivity index (χ0v) is 19.0. The van der Waals surface area contributed by atoms with Gasteiger partial charge in [-0.05, 0) is 98.2 Å². The minimum atomic E-state index is -0.295. The van der Waals surface area contributed by atoms with Crippen LogP contribution in [0.4, 0.5) is 0 Å². The topological polar surface area (TPSA) is 52.5 Å². The van der Waals surface area contributed by atoms with Gasteiger partial charge in [-0.15, -0.1) is 0 Å². The standard InChI is InChI=1S/C26H43NO2/c1-18(2)7-5-6-8-19-9-10-22-24(19,3)15-13-23-25(4)14-12-21(28)17-20(25)11-16-26(22,23)27-29/h5-6,11,16,18-23,27-29H,7-10,12-15,17H2,1-4H3/b6-5+. The molecule has 0 amide bonds. The van der Waals surface area contributed by atoms with Crippen LogP contribution in [-0.2, 0) is 0 Å². The molecule has 3 N–H and O–H groups in total. The van der Waals surface area contributed by atoms with Crippen molar-refractivity contribution < 1.29 is 10.3 Å². The van der Waals surface area contributed by atoms with Crippen LogP contribution in [0.1, 0.15) is 85.5 Å². The number of fused-ring (bicyclic) bond motifs is 5. The maximum absolute atomic E-state index is 10.6. The third kappa shape index (κ3) is 3.36. The lowest BCUT2D eigenvalue weighted by atomic mass is 9.44. The lowest BCUT2D eigenvalue weighted by Crippen LogP contribution is -2.67. The van der Waals surface area contributed by atoms with Crippen molar-refractivity contribution in [1.29, 1.82) is 0 Å². The summed E-state index contributed by atoms with van der Waals surface area (Å²) in [5.74, 6) is 2.83. The first-order valence-electron chi connectivity index (χ1n) is 12.2. The van der Waals surface area contributed by atoms with Gasteiger partial charge in [-0.2, -0.15) is 5.48 Å². The third-order valence-corrected chi connectivity index (χ3v) is 9.84. The summed E-state index contributed by atoms with van der Waals surface area (Å²) in [6.45, 7) is 9.51. The number of nitrogens with one attached hydrogen (secondary N) is 1. The molecule has 3 saturated carbocycles. The van der Waals surface area contributed by atoms with Crippen LogP contribution in [-0.4, -0.2) is 22.0 Å². The summed E-state index contributed by atoms with van der Waals surface area (Å²) < 4.78 is 0. The Morgan fingerprint density at radius 1 is 1.03 bits per heavy atom. The highest BCUT2D eigenvalue weighted by atomic mass is 16.5. The molecular formula is C26H43NO2. The second kappa shape index (κ2) is 7.80. The minimum Gasteiger partial charge on any atom is -0.393 e. The smallest absolute Gasteiger partial charge is 0.0676 e. The molecule has 0 aliphatic heterocycles. The van der Waals surface area contributed by atoms with Crippen molar-refractivity contribution in [2.75, 3.05) is 0 Å². The molecule has 4 aliphatic rings. The second-order valence-electron chi connectivity index (χ2n) is 11.7. The van der Waals surface area contributed by atoms with Crippen molar-refractivity contribution in [3.63, 3.8) is 0 Å². The van der Waals surface area contributed by atoms with E-state index in [0.717, 1.165) is 25.2 Å². The van der Waals surface area contributed by atoms with E-state index in [1.807, 2.05) is 0 Å². The van der Waals surface area contributed by atoms with Crippen LogP contribution in [0.25, 0.3) is 0 Å². The molecule has 29 heavy (non-hydrogen) atoms. The Kier molecular flexibility index (Phi) is 5.81. The lowest BCUT2D eigenvalue weighted by molar-refractivity contribution is -0.135. The second-order valence-corrected chi connectivity index (χ2v) is 11.7. The van der Waals surface area contributed by atoms with Gasteiger partial charge in [0.05, 0.1) is 11.6 Å². The van der Waals surface area contributed by atoms with E-state index in [1.165, 1.54) is 38.5 Å². The normalized spacial score (nSPS) is 49.3. The highest BCUT2D eigenvalue weighted by Crippen LogP contribution is 2.67. The van der Waals surface area contributed by atoms with Crippen LogP contribution in [0.2, 0.25) is 0 Å². The average molecular weight is 402 g/mol. The summed E-state index contributed by atoms with van der Waals surface area (Å²) in [5, 5.41) is 20.8. The summed E-state index contributed by atoms with van der Waals surface area (Å²) in [7, 11) is 0. The predicted molar refractivity (Wildman–Crippen MR) is 119 cm³/mol. The number of aliphatic hydroxyl groups excluding tert-OH is 1. The molecule has 0 aromatic carbocycles. The molecular weight excluding hydrogens is 358 g/mol. The van der Waals surface area contributed by atoms with Gasteiger partial charge in [-0.1, -0.05) is 52.0 Å². The fourth-order valence-electron chi connectivity index (χ4n) is 8.08. The zero-order valence-electron chi connectivity index (χ0n) is 19.0. The van der Waals surface area contributed by atoms with Gasteiger partial charge >= 0.3 is 0 Å². The minimum absolute atomic E-state index is 0.158. The molecule has 3 nitrogen and oxygen atoms in total. The highest BCUT2D eigenvalue weighted by Gasteiger charge is 2.65. The first-order valence-corrected chi connectivity index (χ1v) is 12.2. The largest absolute Gasteiger partial charge is 0.393 e. The molecule has 3 fully saturated rings. The highest BCUT2D eigenvalue weighted by molar-refractivity contribution is 5.28. The van der Waals surface area contributed by atoms with Gasteiger partial charge in [0, 0.05) is 0 Å². The van der Waals surface area contributed by atoms with Crippen molar-refractivity contribution in [3.8, 4) is 0 Å². The van der Waals surface area contributed by atoms with Crippen molar-refractivity contribution in [3.05, 3.63) is 24.3 Å². The molecule has 4 aliphatic carbocycles. The number of hydrogen-bond acceptors (Lipinski definition) is 3. The average Bonchev–Trinajstić information content (AvgIpc) is 3.02. The Morgan fingerprint density at radius 3 is 2.48 bits per heavy atom. The number of hydrogen-bond donors (Lipinski definition) is 3. The van der Waals surface area contributed by atoms with Crippen LogP contribution >= 0.6 is 0 Å². The molecule has 0 saturated heterocycles. The maximum atomic E-state index is 10.6. The third-order valence-electron chi connectivity index (χ3n) is 9.84. The number of hydroxylamine groups is 1. The fraction of sp³-hybridized carbons (Fsp3) is 0.846. The summed E-state index contributed by atoms with van der Waals surface area (Å²) in [6.07, 6.45) is 19.5. The van der Waals surface area contributed by atoms with E-state index in [2.05, 4.69) is 57.5 Å². The van der Waals surface area contributed by atoms with Gasteiger partial charge in [-0.25, -0.2) is 0 Å². The molecule has 0 aromatic heterocycles. The van der Waals surface area contributed by atoms with Crippen LogP contribution < -0.4 is 5.48 Å². The first kappa shape index (κ1) is 21.6. The van der Waals surface area contributed by atoms with Crippen LogP contribution in [0.3, 0.4) is 0 Å². The van der Waals surface area contributed by atoms with Gasteiger partial charge in [0.1, 0.15) is 0 Å². The molecule has 8 unspecified atom stereocenters. The van der Waals surface area contributed by atoms with E-state index in [9.17, 15) is 10.3 Å². The molecule has 164 valence electrons. The van der Waals surface area contributed by atoms with E-state index in [-0.39, 0.29) is 22.5 Å². The van der Waals surface area contributed by atoms with Crippen molar-refractivity contribution in [1.82, 2.24) is 5.48 Å². The zero-order chi connectivity index (χ0) is 20.9. The molecule has 0 heterocycles. The Balaban J connectivity index is 1.60. The van der Waals surface area contributed by atoms with Crippen molar-refractivity contribution in [2.24, 2.45) is 40.4 Å². The van der Waals surface area contributed by atoms with Gasteiger partial charge in [0.15, 0.2) is 0 Å². The number of aliphatic hydroxyl groups is 1. The van der Waals surface area contributed by atoms with E-state index in [4.69, 9.17) is 0 Å². The molecule has 4 rings (SSSR count). The lowest BCUT2D eigenvalue weighted by Gasteiger charge is -2.63. The molecule has 0 spiro atoms. The van der Waals surface area contributed by atoms with Crippen molar-refractivity contribution >= 4 is 0 Å². The van der Waals surface area contributed by atoms with E-state index in [1.54, 1.807) is 0 Å². The fourth-order valence-corrected chi connectivity index (χ4v) is 8.08. The molecule has 0 aromatic rings. The van der Waals surface area contributed by atoms with Crippen LogP contribution in [0.5, 0.6) is 0 Å². The molecule has 3 heteroatoms. The number of rotatable bonds is 5.